The number of rotatable bonds is 6. The van der Waals surface area contributed by atoms with E-state index in [0.717, 1.165) is 50.7 Å². The molecule has 7 heteroatoms. The molecule has 1 fully saturated rings. The van der Waals surface area contributed by atoms with Gasteiger partial charge in [0.1, 0.15) is 5.82 Å². The molecule has 0 radical (unpaired) electrons. The van der Waals surface area contributed by atoms with Crippen molar-refractivity contribution < 1.29 is 9.53 Å². The quantitative estimate of drug-likeness (QED) is 0.724. The molecule has 7 nitrogen and oxygen atoms in total. The molecule has 0 bridgehead atoms. The highest BCUT2D eigenvalue weighted by atomic mass is 16.5. The first-order valence-electron chi connectivity index (χ1n) is 11.6. The fraction of sp³-hybridized carbons (Fsp3) is 0.783. The van der Waals surface area contributed by atoms with Gasteiger partial charge in [0.2, 0.25) is 5.91 Å². The van der Waals surface area contributed by atoms with Crippen LogP contribution in [0.5, 0.6) is 0 Å². The Hall–Kier alpha value is -1.73. The summed E-state index contributed by atoms with van der Waals surface area (Å²) in [6, 6.07) is 0. The maximum atomic E-state index is 12.3. The summed E-state index contributed by atoms with van der Waals surface area (Å²) in [7, 11) is 0. The average Bonchev–Trinajstić information content (AvgIpc) is 3.33. The van der Waals surface area contributed by atoms with Gasteiger partial charge in [0, 0.05) is 39.2 Å². The third-order valence-electron chi connectivity index (χ3n) is 7.28. The van der Waals surface area contributed by atoms with E-state index in [1.165, 1.54) is 25.7 Å². The van der Waals surface area contributed by atoms with Crippen molar-refractivity contribution in [2.24, 2.45) is 11.3 Å². The second-order valence-electron chi connectivity index (χ2n) is 9.80. The molecule has 30 heavy (non-hydrogen) atoms. The van der Waals surface area contributed by atoms with E-state index >= 15 is 0 Å². The number of nitrogens with one attached hydrogen (secondary N) is 1. The molecule has 1 amide bonds. The van der Waals surface area contributed by atoms with Crippen LogP contribution in [-0.2, 0) is 29.0 Å². The number of hydrogen-bond acceptors (Lipinski definition) is 5. The molecule has 0 spiro atoms. The van der Waals surface area contributed by atoms with Gasteiger partial charge in [-0.3, -0.25) is 4.79 Å². The highest BCUT2D eigenvalue weighted by molar-refractivity contribution is 5.78. The minimum atomic E-state index is -0.0196. The molecule has 1 saturated heterocycles. The number of allylic oxidation sites excluding steroid dienone is 1. The fourth-order valence-corrected chi connectivity index (χ4v) is 5.33. The van der Waals surface area contributed by atoms with Crippen molar-refractivity contribution in [1.82, 2.24) is 25.0 Å². The molecule has 1 aliphatic carbocycles. The molecular weight excluding hydrogens is 378 g/mol. The highest BCUT2D eigenvalue weighted by Crippen LogP contribution is 2.41. The zero-order chi connectivity index (χ0) is 21.1. The molecular formula is C23H37N5O2. The third-order valence-corrected chi connectivity index (χ3v) is 7.28. The molecule has 3 heterocycles. The van der Waals surface area contributed by atoms with E-state index in [0.29, 0.717) is 25.2 Å². The molecule has 0 saturated carbocycles. The second kappa shape index (κ2) is 9.18. The predicted molar refractivity (Wildman–Crippen MR) is 116 cm³/mol. The Morgan fingerprint density at radius 3 is 2.87 bits per heavy atom. The fourth-order valence-electron chi connectivity index (χ4n) is 5.33. The van der Waals surface area contributed by atoms with E-state index in [-0.39, 0.29) is 11.8 Å². The predicted octanol–water partition coefficient (Wildman–Crippen LogP) is 2.71. The first kappa shape index (κ1) is 21.5. The van der Waals surface area contributed by atoms with Crippen molar-refractivity contribution in [3.8, 4) is 0 Å². The maximum absolute atomic E-state index is 12.3. The Morgan fingerprint density at radius 2 is 2.10 bits per heavy atom. The van der Waals surface area contributed by atoms with Crippen molar-refractivity contribution in [1.29, 1.82) is 0 Å². The van der Waals surface area contributed by atoms with Gasteiger partial charge in [-0.1, -0.05) is 25.0 Å². The molecule has 3 aliphatic rings. The molecule has 166 valence electrons. The summed E-state index contributed by atoms with van der Waals surface area (Å²) >= 11 is 0. The number of aromatic nitrogens is 3. The average molecular weight is 416 g/mol. The number of carbonyl (C=O) groups is 1. The van der Waals surface area contributed by atoms with Gasteiger partial charge in [0.15, 0.2) is 5.82 Å². The zero-order valence-corrected chi connectivity index (χ0v) is 18.9. The van der Waals surface area contributed by atoms with Crippen LogP contribution in [0.15, 0.2) is 11.1 Å². The van der Waals surface area contributed by atoms with Crippen molar-refractivity contribution >= 4 is 5.91 Å². The first-order chi connectivity index (χ1) is 14.4. The van der Waals surface area contributed by atoms with Crippen LogP contribution in [0.25, 0.3) is 0 Å². The van der Waals surface area contributed by atoms with Crippen LogP contribution in [0.1, 0.15) is 64.5 Å². The third kappa shape index (κ3) is 4.78. The van der Waals surface area contributed by atoms with Gasteiger partial charge in [-0.15, -0.1) is 10.2 Å². The van der Waals surface area contributed by atoms with Crippen molar-refractivity contribution in [3.05, 3.63) is 22.8 Å². The maximum Gasteiger partial charge on any atom is 0.225 e. The van der Waals surface area contributed by atoms with E-state index in [9.17, 15) is 4.79 Å². The van der Waals surface area contributed by atoms with Gasteiger partial charge in [0.25, 0.3) is 0 Å². The molecule has 1 aromatic heterocycles. The first-order valence-corrected chi connectivity index (χ1v) is 11.6. The van der Waals surface area contributed by atoms with Crippen LogP contribution in [0, 0.1) is 11.3 Å². The van der Waals surface area contributed by atoms with E-state index < -0.39 is 0 Å². The van der Waals surface area contributed by atoms with Crippen LogP contribution in [-0.4, -0.2) is 58.4 Å². The molecule has 1 N–H and O–H groups in total. The number of hydrogen-bond donors (Lipinski definition) is 1. The van der Waals surface area contributed by atoms with Gasteiger partial charge >= 0.3 is 0 Å². The zero-order valence-electron chi connectivity index (χ0n) is 18.9. The van der Waals surface area contributed by atoms with Crippen molar-refractivity contribution in [2.45, 2.75) is 72.4 Å². The smallest absolute Gasteiger partial charge is 0.225 e. The lowest BCUT2D eigenvalue weighted by Gasteiger charge is -2.35. The number of carbonyl (C=O) groups excluding carboxylic acids is 1. The topological polar surface area (TPSA) is 72.3 Å². The van der Waals surface area contributed by atoms with Crippen LogP contribution in [0.4, 0.5) is 0 Å². The van der Waals surface area contributed by atoms with Gasteiger partial charge in [0.05, 0.1) is 19.1 Å². The normalized spacial score (nSPS) is 24.6. The lowest BCUT2D eigenvalue weighted by molar-refractivity contribution is -0.125. The molecule has 4 rings (SSSR count). The minimum Gasteiger partial charge on any atom is -0.381 e. The molecule has 1 aromatic rings. The second-order valence-corrected chi connectivity index (χ2v) is 9.80. The van der Waals surface area contributed by atoms with E-state index in [2.05, 4.69) is 45.8 Å². The Morgan fingerprint density at radius 1 is 1.23 bits per heavy atom. The van der Waals surface area contributed by atoms with Crippen LogP contribution in [0.2, 0.25) is 0 Å². The number of ether oxygens (including phenoxy) is 1. The number of fused-ring (bicyclic) bond motifs is 1. The van der Waals surface area contributed by atoms with Crippen LogP contribution in [0.3, 0.4) is 0 Å². The summed E-state index contributed by atoms with van der Waals surface area (Å²) in [5, 5.41) is 11.8. The summed E-state index contributed by atoms with van der Waals surface area (Å²) in [6.45, 7) is 12.9. The Balaban J connectivity index is 1.31. The van der Waals surface area contributed by atoms with E-state index in [4.69, 9.17) is 4.74 Å². The number of nitrogens with zero attached hydrogens (tertiary/aromatic N) is 4. The summed E-state index contributed by atoms with van der Waals surface area (Å²) < 4.78 is 7.53. The van der Waals surface area contributed by atoms with Crippen molar-refractivity contribution in [3.63, 3.8) is 0 Å². The SMILES string of the molecule is CC1=C(CCN2CCc3nnc(CNC(=O)[C@@H]4CCOC4)n3CC2)C(C)(C)CCC1. The standard InChI is InChI=1S/C23H37N5O2/c1-17-5-4-9-23(2,3)19(17)6-10-27-11-7-20-25-26-21(28(20)13-12-27)15-24-22(29)18-8-14-30-16-18/h18H,4-16H2,1-3H3,(H,24,29)/t18-/m1/s1. The Labute approximate surface area is 180 Å². The largest absolute Gasteiger partial charge is 0.381 e. The van der Waals surface area contributed by atoms with Gasteiger partial charge in [-0.05, 0) is 44.4 Å². The van der Waals surface area contributed by atoms with E-state index in [1.54, 1.807) is 11.1 Å². The van der Waals surface area contributed by atoms with Gasteiger partial charge < -0.3 is 19.5 Å². The summed E-state index contributed by atoms with van der Waals surface area (Å²) in [4.78, 5) is 14.8. The Kier molecular flexibility index (Phi) is 6.58. The lowest BCUT2D eigenvalue weighted by atomic mass is 9.71. The summed E-state index contributed by atoms with van der Waals surface area (Å²) in [5.74, 6) is 1.96. The highest BCUT2D eigenvalue weighted by Gasteiger charge is 2.29. The summed E-state index contributed by atoms with van der Waals surface area (Å²) in [5.41, 5.74) is 3.64. The molecule has 0 unspecified atom stereocenters. The Bertz CT molecular complexity index is 792. The monoisotopic (exact) mass is 415 g/mol. The van der Waals surface area contributed by atoms with Crippen molar-refractivity contribution in [2.75, 3.05) is 32.8 Å². The van der Waals surface area contributed by atoms with E-state index in [1.807, 2.05) is 0 Å². The summed E-state index contributed by atoms with van der Waals surface area (Å²) in [6.07, 6.45) is 6.80. The minimum absolute atomic E-state index is 0.0196. The molecule has 2 aliphatic heterocycles. The molecule has 0 aromatic carbocycles. The van der Waals surface area contributed by atoms with Crippen LogP contribution < -0.4 is 5.32 Å². The van der Waals surface area contributed by atoms with Crippen LogP contribution >= 0.6 is 0 Å². The van der Waals surface area contributed by atoms with Gasteiger partial charge in [-0.25, -0.2) is 0 Å². The van der Waals surface area contributed by atoms with Gasteiger partial charge in [-0.2, -0.15) is 0 Å². The molecule has 1 atom stereocenters. The number of amides is 1. The lowest BCUT2D eigenvalue weighted by Crippen LogP contribution is -2.32.